The third-order valence-electron chi connectivity index (χ3n) is 1.73. The van der Waals surface area contributed by atoms with Crippen LogP contribution < -0.4 is 10.0 Å². The molecule has 0 heterocycles. The molecule has 98 valence electrons. The first-order valence-corrected chi connectivity index (χ1v) is 6.45. The summed E-state index contributed by atoms with van der Waals surface area (Å²) < 4.78 is 25.0. The summed E-state index contributed by atoms with van der Waals surface area (Å²) in [5.74, 6) is -1.29. The molecule has 1 rings (SSSR count). The van der Waals surface area contributed by atoms with Gasteiger partial charge in [0, 0.05) is 5.02 Å². The Morgan fingerprint density at radius 2 is 2.00 bits per heavy atom. The standard InChI is InChI=1S/C9H9ClN2O5S/c10-6-2-1-3-7(4-6)18(16,17)12-9(15)11-5-8(13)14/h1-4H,5H2,(H,13,14)(H2,11,12,15). The number of carboxylic acids is 1. The minimum Gasteiger partial charge on any atom is -0.480 e. The third-order valence-corrected chi connectivity index (χ3v) is 3.30. The summed E-state index contributed by atoms with van der Waals surface area (Å²) in [6.45, 7) is -0.684. The number of hydrogen-bond donors (Lipinski definition) is 3. The number of nitrogens with one attached hydrogen (secondary N) is 2. The van der Waals surface area contributed by atoms with Gasteiger partial charge in [0.05, 0.1) is 4.90 Å². The SMILES string of the molecule is O=C(O)CNC(=O)NS(=O)(=O)c1cccc(Cl)c1. The van der Waals surface area contributed by atoms with Gasteiger partial charge in [-0.3, -0.25) is 4.79 Å². The molecule has 0 saturated heterocycles. The number of aliphatic carboxylic acids is 1. The van der Waals surface area contributed by atoms with Gasteiger partial charge in [-0.15, -0.1) is 0 Å². The molecular formula is C9H9ClN2O5S. The zero-order chi connectivity index (χ0) is 13.8. The van der Waals surface area contributed by atoms with Gasteiger partial charge < -0.3 is 10.4 Å². The van der Waals surface area contributed by atoms with Gasteiger partial charge in [-0.25, -0.2) is 17.9 Å². The lowest BCUT2D eigenvalue weighted by Gasteiger charge is -2.07. The van der Waals surface area contributed by atoms with E-state index in [2.05, 4.69) is 0 Å². The van der Waals surface area contributed by atoms with Crippen molar-refractivity contribution in [3.63, 3.8) is 0 Å². The second kappa shape index (κ2) is 5.69. The Labute approximate surface area is 108 Å². The van der Waals surface area contributed by atoms with Crippen LogP contribution in [-0.4, -0.2) is 32.1 Å². The normalized spacial score (nSPS) is 10.7. The average molecular weight is 293 g/mol. The number of urea groups is 1. The van der Waals surface area contributed by atoms with Crippen molar-refractivity contribution >= 4 is 33.6 Å². The molecular weight excluding hydrogens is 284 g/mol. The van der Waals surface area contributed by atoms with E-state index in [1.807, 2.05) is 5.32 Å². The molecule has 7 nitrogen and oxygen atoms in total. The molecule has 0 fully saturated rings. The van der Waals surface area contributed by atoms with Gasteiger partial charge in [0.15, 0.2) is 0 Å². The molecule has 1 aromatic rings. The molecule has 0 aliphatic rings. The van der Waals surface area contributed by atoms with Gasteiger partial charge >= 0.3 is 12.0 Å². The van der Waals surface area contributed by atoms with Gasteiger partial charge in [0.25, 0.3) is 10.0 Å². The molecule has 3 N–H and O–H groups in total. The van der Waals surface area contributed by atoms with Crippen molar-refractivity contribution in [2.24, 2.45) is 0 Å². The molecule has 1 aromatic carbocycles. The lowest BCUT2D eigenvalue weighted by Crippen LogP contribution is -2.41. The molecule has 0 aromatic heterocycles. The summed E-state index contributed by atoms with van der Waals surface area (Å²) >= 11 is 5.62. The molecule has 0 spiro atoms. The Bertz CT molecular complexity index is 572. The van der Waals surface area contributed by atoms with Gasteiger partial charge in [-0.05, 0) is 18.2 Å². The highest BCUT2D eigenvalue weighted by Crippen LogP contribution is 2.14. The fraction of sp³-hybridized carbons (Fsp3) is 0.111. The molecule has 0 aliphatic heterocycles. The minimum absolute atomic E-state index is 0.194. The van der Waals surface area contributed by atoms with Crippen LogP contribution in [-0.2, 0) is 14.8 Å². The monoisotopic (exact) mass is 292 g/mol. The predicted molar refractivity (Wildman–Crippen MR) is 62.8 cm³/mol. The van der Waals surface area contributed by atoms with Crippen LogP contribution in [0.1, 0.15) is 0 Å². The summed E-state index contributed by atoms with van der Waals surface area (Å²) in [4.78, 5) is 21.1. The number of carboxylic acid groups (broad SMARTS) is 1. The highest BCUT2D eigenvalue weighted by atomic mass is 35.5. The van der Waals surface area contributed by atoms with Gasteiger partial charge in [0.2, 0.25) is 0 Å². The second-order valence-corrected chi connectivity index (χ2v) is 5.26. The number of benzene rings is 1. The maximum Gasteiger partial charge on any atom is 0.329 e. The first-order chi connectivity index (χ1) is 8.31. The largest absolute Gasteiger partial charge is 0.480 e. The van der Waals surface area contributed by atoms with Gasteiger partial charge in [-0.1, -0.05) is 17.7 Å². The molecule has 0 aliphatic carbocycles. The summed E-state index contributed by atoms with van der Waals surface area (Å²) in [6.07, 6.45) is 0. The van der Waals surface area contributed by atoms with E-state index in [1.165, 1.54) is 18.2 Å². The van der Waals surface area contributed by atoms with E-state index in [4.69, 9.17) is 16.7 Å². The molecule has 0 atom stereocenters. The first-order valence-electron chi connectivity index (χ1n) is 4.59. The minimum atomic E-state index is -4.07. The Hall–Kier alpha value is -1.80. The Kier molecular flexibility index (Phi) is 4.51. The van der Waals surface area contributed by atoms with Crippen molar-refractivity contribution in [1.29, 1.82) is 0 Å². The average Bonchev–Trinajstić information content (AvgIpc) is 2.26. The second-order valence-electron chi connectivity index (χ2n) is 3.14. The number of sulfonamides is 1. The van der Waals surface area contributed by atoms with Gasteiger partial charge in [-0.2, -0.15) is 0 Å². The fourth-order valence-corrected chi connectivity index (χ4v) is 2.24. The third kappa shape index (κ3) is 4.22. The van der Waals surface area contributed by atoms with E-state index in [0.29, 0.717) is 0 Å². The lowest BCUT2D eigenvalue weighted by atomic mass is 10.4. The quantitative estimate of drug-likeness (QED) is 0.744. The number of rotatable bonds is 4. The van der Waals surface area contributed by atoms with Crippen LogP contribution in [0.5, 0.6) is 0 Å². The molecule has 2 amide bonds. The number of hydrogen-bond acceptors (Lipinski definition) is 4. The first kappa shape index (κ1) is 14.3. The molecule has 18 heavy (non-hydrogen) atoms. The van der Waals surface area contributed by atoms with Crippen molar-refractivity contribution in [1.82, 2.24) is 10.0 Å². The molecule has 0 radical (unpaired) electrons. The molecule has 0 saturated carbocycles. The number of carbonyl (C=O) groups excluding carboxylic acids is 1. The summed E-state index contributed by atoms with van der Waals surface area (Å²) in [5, 5.41) is 10.4. The lowest BCUT2D eigenvalue weighted by molar-refractivity contribution is -0.135. The van der Waals surface area contributed by atoms with Crippen molar-refractivity contribution in [3.8, 4) is 0 Å². The van der Waals surface area contributed by atoms with Gasteiger partial charge in [0.1, 0.15) is 6.54 Å². The van der Waals surface area contributed by atoms with Crippen molar-refractivity contribution in [2.45, 2.75) is 4.90 Å². The predicted octanol–water partition coefficient (Wildman–Crippen LogP) is 0.413. The van der Waals surface area contributed by atoms with Crippen LogP contribution in [0.15, 0.2) is 29.2 Å². The highest BCUT2D eigenvalue weighted by Gasteiger charge is 2.17. The zero-order valence-corrected chi connectivity index (χ0v) is 10.5. The van der Waals surface area contributed by atoms with Crippen LogP contribution in [0.3, 0.4) is 0 Å². The molecule has 0 unspecified atom stereocenters. The number of carbonyl (C=O) groups is 2. The van der Waals surface area contributed by atoms with Crippen LogP contribution in [0.25, 0.3) is 0 Å². The topological polar surface area (TPSA) is 113 Å². The summed E-state index contributed by atoms with van der Waals surface area (Å²) in [7, 11) is -4.07. The summed E-state index contributed by atoms with van der Waals surface area (Å²) in [6, 6.07) is 4.17. The van der Waals surface area contributed by atoms with Crippen LogP contribution in [0.2, 0.25) is 5.02 Å². The zero-order valence-electron chi connectivity index (χ0n) is 8.88. The fourth-order valence-electron chi connectivity index (χ4n) is 1.01. The van der Waals surface area contributed by atoms with E-state index >= 15 is 0 Å². The maximum atomic E-state index is 11.7. The number of amides is 2. The molecule has 0 bridgehead atoms. The smallest absolute Gasteiger partial charge is 0.329 e. The highest BCUT2D eigenvalue weighted by molar-refractivity contribution is 7.90. The van der Waals surface area contributed by atoms with E-state index in [9.17, 15) is 18.0 Å². The van der Waals surface area contributed by atoms with E-state index < -0.39 is 28.6 Å². The Balaban J connectivity index is 2.76. The van der Waals surface area contributed by atoms with Crippen LogP contribution >= 0.6 is 11.6 Å². The molecule has 9 heteroatoms. The van der Waals surface area contributed by atoms with Crippen LogP contribution in [0.4, 0.5) is 4.79 Å². The maximum absolute atomic E-state index is 11.7. The van der Waals surface area contributed by atoms with Crippen LogP contribution in [0, 0.1) is 0 Å². The van der Waals surface area contributed by atoms with E-state index in [-0.39, 0.29) is 9.92 Å². The van der Waals surface area contributed by atoms with Crippen molar-refractivity contribution < 1.29 is 23.1 Å². The Morgan fingerprint density at radius 1 is 1.33 bits per heavy atom. The van der Waals surface area contributed by atoms with Crippen molar-refractivity contribution in [2.75, 3.05) is 6.54 Å². The van der Waals surface area contributed by atoms with Crippen molar-refractivity contribution in [3.05, 3.63) is 29.3 Å². The number of halogens is 1. The Morgan fingerprint density at radius 3 is 2.56 bits per heavy atom. The summed E-state index contributed by atoms with van der Waals surface area (Å²) in [5.41, 5.74) is 0. The van der Waals surface area contributed by atoms with E-state index in [1.54, 1.807) is 4.72 Å². The van der Waals surface area contributed by atoms with E-state index in [0.717, 1.165) is 6.07 Å².